The third kappa shape index (κ3) is 3.30. The van der Waals surface area contributed by atoms with Gasteiger partial charge in [0.25, 0.3) is 5.91 Å². The first-order valence-electron chi connectivity index (χ1n) is 7.64. The van der Waals surface area contributed by atoms with Gasteiger partial charge in [0.05, 0.1) is 22.5 Å². The van der Waals surface area contributed by atoms with E-state index in [2.05, 4.69) is 10.3 Å². The number of anilines is 1. The second kappa shape index (κ2) is 6.48. The third-order valence-electron chi connectivity index (χ3n) is 3.84. The Hall–Kier alpha value is -1.88. The van der Waals surface area contributed by atoms with Crippen LogP contribution in [0.4, 0.5) is 5.69 Å². The highest BCUT2D eigenvalue weighted by molar-refractivity contribution is 7.13. The molecule has 1 amide bonds. The summed E-state index contributed by atoms with van der Waals surface area (Å²) in [5.41, 5.74) is 1.50. The van der Waals surface area contributed by atoms with Crippen molar-refractivity contribution < 1.29 is 9.53 Å². The van der Waals surface area contributed by atoms with E-state index in [-0.39, 0.29) is 12.0 Å². The Morgan fingerprint density at radius 2 is 2.00 bits per heavy atom. The Morgan fingerprint density at radius 1 is 1.27 bits per heavy atom. The fourth-order valence-corrected chi connectivity index (χ4v) is 3.59. The Morgan fingerprint density at radius 3 is 2.68 bits per heavy atom. The van der Waals surface area contributed by atoms with Crippen LogP contribution in [0.25, 0.3) is 0 Å². The van der Waals surface area contributed by atoms with Crippen molar-refractivity contribution in [2.45, 2.75) is 45.6 Å². The molecule has 4 nitrogen and oxygen atoms in total. The normalized spacial score (nSPS) is 15.0. The van der Waals surface area contributed by atoms with Crippen LogP contribution in [0.1, 0.15) is 46.1 Å². The van der Waals surface area contributed by atoms with Gasteiger partial charge < -0.3 is 10.1 Å². The minimum absolute atomic E-state index is 0.120. The van der Waals surface area contributed by atoms with Crippen LogP contribution in [0.5, 0.6) is 5.75 Å². The number of ether oxygens (including phenoxy) is 1. The summed E-state index contributed by atoms with van der Waals surface area (Å²) in [5.74, 6) is 0.632. The zero-order valence-corrected chi connectivity index (χ0v) is 13.7. The van der Waals surface area contributed by atoms with Gasteiger partial charge in [-0.1, -0.05) is 12.1 Å². The van der Waals surface area contributed by atoms with Gasteiger partial charge in [0.15, 0.2) is 0 Å². The van der Waals surface area contributed by atoms with Gasteiger partial charge in [0.1, 0.15) is 10.6 Å². The molecule has 1 fully saturated rings. The number of benzene rings is 1. The largest absolute Gasteiger partial charge is 0.488 e. The maximum absolute atomic E-state index is 12.4. The minimum Gasteiger partial charge on any atom is -0.488 e. The number of carbonyl (C=O) groups is 1. The van der Waals surface area contributed by atoms with E-state index in [4.69, 9.17) is 4.74 Å². The summed E-state index contributed by atoms with van der Waals surface area (Å²) in [5, 5.41) is 3.86. The van der Waals surface area contributed by atoms with Gasteiger partial charge in [0.2, 0.25) is 0 Å². The standard InChI is InChI=1S/C17H20N2O2S/c1-11-16(22-12(2)18-11)17(20)19-14-9-5-6-10-15(14)21-13-7-3-4-8-13/h5-6,9-10,13H,3-4,7-8H2,1-2H3,(H,19,20). The van der Waals surface area contributed by atoms with E-state index >= 15 is 0 Å². The molecule has 0 radical (unpaired) electrons. The van der Waals surface area contributed by atoms with E-state index in [9.17, 15) is 4.79 Å². The van der Waals surface area contributed by atoms with Crippen LogP contribution < -0.4 is 10.1 Å². The number of carbonyl (C=O) groups excluding carboxylic acids is 1. The van der Waals surface area contributed by atoms with Crippen molar-refractivity contribution in [2.75, 3.05) is 5.32 Å². The second-order valence-electron chi connectivity index (χ2n) is 5.62. The topological polar surface area (TPSA) is 51.2 Å². The van der Waals surface area contributed by atoms with Gasteiger partial charge in [-0.3, -0.25) is 4.79 Å². The number of hydrogen-bond donors (Lipinski definition) is 1. The van der Waals surface area contributed by atoms with Crippen LogP contribution in [-0.4, -0.2) is 17.0 Å². The molecule has 1 aliphatic carbocycles. The number of nitrogens with one attached hydrogen (secondary N) is 1. The molecule has 22 heavy (non-hydrogen) atoms. The third-order valence-corrected chi connectivity index (χ3v) is 4.91. The molecule has 1 N–H and O–H groups in total. The molecule has 1 saturated carbocycles. The van der Waals surface area contributed by atoms with E-state index in [1.54, 1.807) is 0 Å². The van der Waals surface area contributed by atoms with Gasteiger partial charge in [-0.2, -0.15) is 0 Å². The van der Waals surface area contributed by atoms with Crippen molar-refractivity contribution in [2.24, 2.45) is 0 Å². The molecule has 1 heterocycles. The Labute approximate surface area is 134 Å². The number of amides is 1. The Kier molecular flexibility index (Phi) is 4.43. The SMILES string of the molecule is Cc1nc(C)c(C(=O)Nc2ccccc2OC2CCCC2)s1. The maximum atomic E-state index is 12.4. The Bertz CT molecular complexity index is 675. The Balaban J connectivity index is 1.77. The van der Waals surface area contributed by atoms with Gasteiger partial charge >= 0.3 is 0 Å². The summed E-state index contributed by atoms with van der Waals surface area (Å²) in [6, 6.07) is 7.63. The summed E-state index contributed by atoms with van der Waals surface area (Å²) in [7, 11) is 0. The van der Waals surface area contributed by atoms with E-state index in [0.717, 1.165) is 35.0 Å². The first-order chi connectivity index (χ1) is 10.6. The van der Waals surface area contributed by atoms with Crippen LogP contribution >= 0.6 is 11.3 Å². The highest BCUT2D eigenvalue weighted by Crippen LogP contribution is 2.30. The molecule has 0 aliphatic heterocycles. The molecule has 116 valence electrons. The smallest absolute Gasteiger partial charge is 0.267 e. The predicted octanol–water partition coefficient (Wildman–Crippen LogP) is 4.33. The summed E-state index contributed by atoms with van der Waals surface area (Å²) < 4.78 is 6.05. The highest BCUT2D eigenvalue weighted by Gasteiger charge is 2.19. The second-order valence-corrected chi connectivity index (χ2v) is 6.83. The fraction of sp³-hybridized carbons (Fsp3) is 0.412. The minimum atomic E-state index is -0.120. The number of rotatable bonds is 4. The lowest BCUT2D eigenvalue weighted by Crippen LogP contribution is -2.15. The van der Waals surface area contributed by atoms with E-state index in [0.29, 0.717) is 4.88 Å². The van der Waals surface area contributed by atoms with Crippen molar-refractivity contribution in [3.63, 3.8) is 0 Å². The summed E-state index contributed by atoms with van der Waals surface area (Å²) in [6.45, 7) is 3.77. The van der Waals surface area contributed by atoms with Gasteiger partial charge in [0, 0.05) is 0 Å². The molecule has 3 rings (SSSR count). The molecular formula is C17H20N2O2S. The number of nitrogens with zero attached hydrogens (tertiary/aromatic N) is 1. The average Bonchev–Trinajstić information content (AvgIpc) is 3.10. The number of thiazole rings is 1. The van der Waals surface area contributed by atoms with Crippen LogP contribution in [0.15, 0.2) is 24.3 Å². The highest BCUT2D eigenvalue weighted by atomic mass is 32.1. The summed E-state index contributed by atoms with van der Waals surface area (Å²) in [4.78, 5) is 17.4. The quantitative estimate of drug-likeness (QED) is 0.913. The first-order valence-corrected chi connectivity index (χ1v) is 8.46. The van der Waals surface area contributed by atoms with Crippen LogP contribution in [0.3, 0.4) is 0 Å². The molecule has 1 aromatic carbocycles. The van der Waals surface area contributed by atoms with E-state index in [1.165, 1.54) is 24.2 Å². The van der Waals surface area contributed by atoms with E-state index < -0.39 is 0 Å². The molecular weight excluding hydrogens is 296 g/mol. The molecule has 0 spiro atoms. The maximum Gasteiger partial charge on any atom is 0.267 e. The number of hydrogen-bond acceptors (Lipinski definition) is 4. The number of aromatic nitrogens is 1. The lowest BCUT2D eigenvalue weighted by molar-refractivity contribution is 0.102. The van der Waals surface area contributed by atoms with Gasteiger partial charge in [-0.25, -0.2) is 4.98 Å². The zero-order valence-electron chi connectivity index (χ0n) is 12.9. The van der Waals surface area contributed by atoms with Gasteiger partial charge in [-0.15, -0.1) is 11.3 Å². The monoisotopic (exact) mass is 316 g/mol. The lowest BCUT2D eigenvalue weighted by Gasteiger charge is -2.16. The predicted molar refractivity (Wildman–Crippen MR) is 88.9 cm³/mol. The molecule has 0 saturated heterocycles. The van der Waals surface area contributed by atoms with Crippen LogP contribution in [0, 0.1) is 13.8 Å². The van der Waals surface area contributed by atoms with Crippen molar-refractivity contribution in [1.82, 2.24) is 4.98 Å². The fourth-order valence-electron chi connectivity index (χ4n) is 2.78. The molecule has 5 heteroatoms. The van der Waals surface area contributed by atoms with Crippen molar-refractivity contribution >= 4 is 22.9 Å². The number of aryl methyl sites for hydroxylation is 2. The molecule has 0 bridgehead atoms. The molecule has 0 atom stereocenters. The van der Waals surface area contributed by atoms with E-state index in [1.807, 2.05) is 38.1 Å². The summed E-state index contributed by atoms with van der Waals surface area (Å²) >= 11 is 1.42. The van der Waals surface area contributed by atoms with Crippen LogP contribution in [-0.2, 0) is 0 Å². The van der Waals surface area contributed by atoms with Crippen molar-refractivity contribution in [1.29, 1.82) is 0 Å². The van der Waals surface area contributed by atoms with Crippen LogP contribution in [0.2, 0.25) is 0 Å². The summed E-state index contributed by atoms with van der Waals surface area (Å²) in [6.07, 6.45) is 4.90. The molecule has 1 aliphatic rings. The zero-order chi connectivity index (χ0) is 15.5. The molecule has 2 aromatic rings. The number of para-hydroxylation sites is 2. The lowest BCUT2D eigenvalue weighted by atomic mass is 10.2. The molecule has 1 aromatic heterocycles. The van der Waals surface area contributed by atoms with Crippen molar-refractivity contribution in [3.8, 4) is 5.75 Å². The van der Waals surface area contributed by atoms with Crippen molar-refractivity contribution in [3.05, 3.63) is 39.8 Å². The van der Waals surface area contributed by atoms with Gasteiger partial charge in [-0.05, 0) is 51.7 Å². The first kappa shape index (κ1) is 15.0. The molecule has 0 unspecified atom stereocenters. The average molecular weight is 316 g/mol.